The number of β-amino-alcohol motifs (C(OH)–C–C–N with tert-alkyl or cyclic N) is 1. The lowest BCUT2D eigenvalue weighted by atomic mass is 9.50. The van der Waals surface area contributed by atoms with Crippen LogP contribution in [0.1, 0.15) is 77.2 Å². The molecule has 190 valence electrons. The third kappa shape index (κ3) is 3.97. The maximum Gasteiger partial charge on any atom is 0.0833 e. The highest BCUT2D eigenvalue weighted by atomic mass is 16.3. The number of piperidine rings is 1. The fraction of sp³-hybridized carbons (Fsp3) is 0.688. The number of aliphatic hydroxyl groups excluding tert-OH is 1. The van der Waals surface area contributed by atoms with Crippen LogP contribution in [0, 0.1) is 28.6 Å². The highest BCUT2D eigenvalue weighted by Gasteiger charge is 2.62. The molecule has 3 saturated carbocycles. The molecule has 3 nitrogen and oxygen atoms in total. The van der Waals surface area contributed by atoms with Gasteiger partial charge < -0.3 is 15.1 Å². The van der Waals surface area contributed by atoms with E-state index in [0.717, 1.165) is 64.1 Å². The molecule has 6 rings (SSSR count). The second kappa shape index (κ2) is 8.85. The molecule has 35 heavy (non-hydrogen) atoms. The summed E-state index contributed by atoms with van der Waals surface area (Å²) in [7, 11) is 0. The number of likely N-dealkylation sites (tertiary alicyclic amines) is 1. The molecule has 0 amide bonds. The van der Waals surface area contributed by atoms with Gasteiger partial charge in [-0.05, 0) is 106 Å². The van der Waals surface area contributed by atoms with Gasteiger partial charge in [0.2, 0.25) is 0 Å². The summed E-state index contributed by atoms with van der Waals surface area (Å²) in [5.74, 6) is 1.88. The Morgan fingerprint density at radius 2 is 1.63 bits per heavy atom. The van der Waals surface area contributed by atoms with E-state index in [1.54, 1.807) is 5.57 Å². The monoisotopic (exact) mass is 475 g/mol. The fourth-order valence-corrected chi connectivity index (χ4v) is 9.02. The quantitative estimate of drug-likeness (QED) is 0.568. The minimum absolute atomic E-state index is 0.0217. The van der Waals surface area contributed by atoms with Gasteiger partial charge in [-0.2, -0.15) is 0 Å². The minimum atomic E-state index is -0.580. The molecule has 1 heterocycles. The van der Waals surface area contributed by atoms with Gasteiger partial charge in [0.05, 0.1) is 11.7 Å². The van der Waals surface area contributed by atoms with E-state index in [0.29, 0.717) is 11.8 Å². The van der Waals surface area contributed by atoms with Gasteiger partial charge in [-0.3, -0.25) is 0 Å². The van der Waals surface area contributed by atoms with Crippen molar-refractivity contribution in [3.63, 3.8) is 0 Å². The molecule has 1 aromatic carbocycles. The lowest BCUT2D eigenvalue weighted by molar-refractivity contribution is -0.105. The van der Waals surface area contributed by atoms with Crippen LogP contribution in [0.2, 0.25) is 0 Å². The van der Waals surface area contributed by atoms with Crippen molar-refractivity contribution in [2.45, 2.75) is 89.8 Å². The molecule has 1 aromatic rings. The van der Waals surface area contributed by atoms with Crippen LogP contribution in [0.4, 0.5) is 0 Å². The van der Waals surface area contributed by atoms with Crippen molar-refractivity contribution in [2.24, 2.45) is 28.6 Å². The number of allylic oxidation sites excluding steroid dienone is 3. The summed E-state index contributed by atoms with van der Waals surface area (Å²) in [5.41, 5.74) is 4.17. The van der Waals surface area contributed by atoms with Crippen molar-refractivity contribution >= 4 is 0 Å². The largest absolute Gasteiger partial charge is 0.393 e. The molecule has 1 aliphatic heterocycles. The number of benzene rings is 1. The van der Waals surface area contributed by atoms with E-state index in [4.69, 9.17) is 0 Å². The van der Waals surface area contributed by atoms with Gasteiger partial charge in [-0.25, -0.2) is 0 Å². The smallest absolute Gasteiger partial charge is 0.0833 e. The Balaban J connectivity index is 1.14. The van der Waals surface area contributed by atoms with Crippen molar-refractivity contribution < 1.29 is 10.2 Å². The van der Waals surface area contributed by atoms with Gasteiger partial charge in [-0.15, -0.1) is 0 Å². The van der Waals surface area contributed by atoms with Crippen molar-refractivity contribution in [3.05, 3.63) is 59.2 Å². The van der Waals surface area contributed by atoms with Crippen LogP contribution in [0.15, 0.2) is 53.6 Å². The third-order valence-electron chi connectivity index (χ3n) is 11.4. The van der Waals surface area contributed by atoms with E-state index in [2.05, 4.69) is 61.2 Å². The molecule has 1 saturated heterocycles. The van der Waals surface area contributed by atoms with Crippen molar-refractivity contribution in [2.75, 3.05) is 19.6 Å². The summed E-state index contributed by atoms with van der Waals surface area (Å²) in [6, 6.07) is 10.9. The Kier molecular flexibility index (Phi) is 6.06. The molecular formula is C32H45NO2. The van der Waals surface area contributed by atoms with Crippen LogP contribution < -0.4 is 0 Å². The zero-order valence-electron chi connectivity index (χ0n) is 21.9. The molecule has 6 unspecified atom stereocenters. The van der Waals surface area contributed by atoms with E-state index < -0.39 is 5.60 Å². The molecule has 0 aromatic heterocycles. The third-order valence-corrected chi connectivity index (χ3v) is 11.4. The number of nitrogens with zero attached hydrogens (tertiary/aromatic N) is 1. The number of hydrogen-bond donors (Lipinski definition) is 2. The first-order valence-corrected chi connectivity index (χ1v) is 14.4. The lowest BCUT2D eigenvalue weighted by Gasteiger charge is -2.56. The Morgan fingerprint density at radius 3 is 2.40 bits per heavy atom. The van der Waals surface area contributed by atoms with Crippen LogP contribution in [-0.4, -0.2) is 46.5 Å². The number of hydrogen-bond acceptors (Lipinski definition) is 3. The van der Waals surface area contributed by atoms with Gasteiger partial charge in [0.25, 0.3) is 0 Å². The van der Waals surface area contributed by atoms with Gasteiger partial charge in [-0.1, -0.05) is 67.5 Å². The fourth-order valence-electron chi connectivity index (χ4n) is 9.02. The maximum atomic E-state index is 12.2. The number of aliphatic hydroxyl groups is 2. The molecule has 4 fully saturated rings. The molecule has 0 bridgehead atoms. The standard InChI is InChI=1S/C32H45NO2/c1-30-15-10-26(34)21-25(30)8-9-27-28(30)11-16-31(2)29(27)12-17-32(31,35)22-33-18-13-24(14-19-33)20-23-6-4-3-5-7-23/h3-9,24,26,28-29,34-35H,10-22H2,1-2H3. The number of rotatable bonds is 4. The Morgan fingerprint density at radius 1 is 0.886 bits per heavy atom. The van der Waals surface area contributed by atoms with E-state index in [-0.39, 0.29) is 16.9 Å². The zero-order chi connectivity index (χ0) is 24.3. The first-order chi connectivity index (χ1) is 16.8. The van der Waals surface area contributed by atoms with Gasteiger partial charge in [0, 0.05) is 12.0 Å². The Bertz CT molecular complexity index is 992. The highest BCUT2D eigenvalue weighted by Crippen LogP contribution is 2.66. The van der Waals surface area contributed by atoms with E-state index in [9.17, 15) is 10.2 Å². The molecule has 4 aliphatic carbocycles. The number of fused-ring (bicyclic) bond motifs is 5. The topological polar surface area (TPSA) is 43.7 Å². The summed E-state index contributed by atoms with van der Waals surface area (Å²) in [6.45, 7) is 7.97. The van der Waals surface area contributed by atoms with Gasteiger partial charge in [0.15, 0.2) is 0 Å². The van der Waals surface area contributed by atoms with Gasteiger partial charge in [0.1, 0.15) is 0 Å². The van der Waals surface area contributed by atoms with Crippen molar-refractivity contribution in [1.82, 2.24) is 4.90 Å². The Labute approximate surface area is 212 Å². The SMILES string of the molecule is CC12CCC(O)CC1=CC=C1C2CCC2(C)C1CCC2(O)CN1CCC(Cc2ccccc2)CC1. The van der Waals surface area contributed by atoms with Gasteiger partial charge >= 0.3 is 0 Å². The average molecular weight is 476 g/mol. The second-order valence-electron chi connectivity index (χ2n) is 13.2. The maximum absolute atomic E-state index is 12.2. The minimum Gasteiger partial charge on any atom is -0.393 e. The van der Waals surface area contributed by atoms with Crippen LogP contribution in [-0.2, 0) is 6.42 Å². The van der Waals surface area contributed by atoms with E-state index in [1.165, 1.54) is 36.8 Å². The molecule has 2 N–H and O–H groups in total. The predicted octanol–water partition coefficient (Wildman–Crippen LogP) is 5.92. The van der Waals surface area contributed by atoms with E-state index in [1.807, 2.05) is 0 Å². The molecular weight excluding hydrogens is 430 g/mol. The summed E-state index contributed by atoms with van der Waals surface area (Å²) >= 11 is 0. The second-order valence-corrected chi connectivity index (χ2v) is 13.2. The molecule has 6 atom stereocenters. The first kappa shape index (κ1) is 23.9. The van der Waals surface area contributed by atoms with Crippen LogP contribution in [0.25, 0.3) is 0 Å². The highest BCUT2D eigenvalue weighted by molar-refractivity contribution is 5.39. The summed E-state index contributed by atoms with van der Waals surface area (Å²) in [5, 5.41) is 22.5. The van der Waals surface area contributed by atoms with Crippen molar-refractivity contribution in [3.8, 4) is 0 Å². The van der Waals surface area contributed by atoms with Crippen LogP contribution >= 0.6 is 0 Å². The predicted molar refractivity (Wildman–Crippen MR) is 142 cm³/mol. The molecule has 3 heteroatoms. The molecule has 0 spiro atoms. The van der Waals surface area contributed by atoms with E-state index >= 15 is 0 Å². The van der Waals surface area contributed by atoms with Crippen LogP contribution in [0.5, 0.6) is 0 Å². The summed E-state index contributed by atoms with van der Waals surface area (Å²) < 4.78 is 0. The van der Waals surface area contributed by atoms with Crippen LogP contribution in [0.3, 0.4) is 0 Å². The average Bonchev–Trinajstić information content (AvgIpc) is 3.12. The first-order valence-electron chi connectivity index (χ1n) is 14.4. The normalized spacial score (nSPS) is 42.0. The Hall–Kier alpha value is -1.42. The summed E-state index contributed by atoms with van der Waals surface area (Å²) in [4.78, 5) is 2.58. The van der Waals surface area contributed by atoms with Crippen molar-refractivity contribution in [1.29, 1.82) is 0 Å². The lowest BCUT2D eigenvalue weighted by Crippen LogP contribution is -2.56. The summed E-state index contributed by atoms with van der Waals surface area (Å²) in [6.07, 6.45) is 15.6. The zero-order valence-corrected chi connectivity index (χ0v) is 21.9. The molecule has 5 aliphatic rings. The molecule has 0 radical (unpaired) electrons.